The van der Waals surface area contributed by atoms with Gasteiger partial charge in [-0.15, -0.1) is 11.7 Å². The lowest BCUT2D eigenvalue weighted by molar-refractivity contribution is 0.149. The van der Waals surface area contributed by atoms with Gasteiger partial charge in [-0.3, -0.25) is 0 Å². The molecule has 1 aromatic rings. The highest BCUT2D eigenvalue weighted by Crippen LogP contribution is 2.02. The summed E-state index contributed by atoms with van der Waals surface area (Å²) in [7, 11) is 0. The average Bonchev–Trinajstić information content (AvgIpc) is 2.23. The van der Waals surface area contributed by atoms with E-state index in [1.165, 1.54) is 0 Å². The first-order valence-corrected chi connectivity index (χ1v) is 5.05. The highest BCUT2D eigenvalue weighted by Gasteiger charge is 1.94. The summed E-state index contributed by atoms with van der Waals surface area (Å²) >= 11 is 0. The third-order valence-electron chi connectivity index (χ3n) is 1.81. The summed E-state index contributed by atoms with van der Waals surface area (Å²) in [5, 5.41) is 10.9. The van der Waals surface area contributed by atoms with E-state index in [1.807, 2.05) is 19.1 Å². The molecule has 0 aromatic carbocycles. The Balaban J connectivity index is 2.12. The summed E-state index contributed by atoms with van der Waals surface area (Å²) in [5.41, 5.74) is 1.10. The maximum Gasteiger partial charge on any atom is 0.148 e. The molecule has 0 radical (unpaired) electrons. The van der Waals surface area contributed by atoms with Crippen LogP contribution in [0.3, 0.4) is 0 Å². The Morgan fingerprint density at radius 1 is 1.53 bits per heavy atom. The fraction of sp³-hybridized carbons (Fsp3) is 0.455. The third kappa shape index (κ3) is 5.12. The number of ether oxygens (including phenoxy) is 1. The molecule has 1 aromatic heterocycles. The van der Waals surface area contributed by atoms with Crippen LogP contribution in [0.2, 0.25) is 0 Å². The molecule has 1 heterocycles. The van der Waals surface area contributed by atoms with E-state index in [0.29, 0.717) is 6.61 Å². The summed E-state index contributed by atoms with van der Waals surface area (Å²) < 4.78 is 5.34. The number of hydrogen-bond acceptors (Lipinski definition) is 4. The molecule has 4 heteroatoms. The van der Waals surface area contributed by atoms with Crippen LogP contribution in [0.25, 0.3) is 0 Å². The Hall–Kier alpha value is -1.42. The molecule has 0 unspecified atom stereocenters. The Labute approximate surface area is 90.4 Å². The lowest BCUT2D eigenvalue weighted by Gasteiger charge is -2.05. The van der Waals surface area contributed by atoms with Crippen LogP contribution in [-0.2, 0) is 4.74 Å². The van der Waals surface area contributed by atoms with Crippen LogP contribution in [0, 0.1) is 6.92 Å². The van der Waals surface area contributed by atoms with E-state index >= 15 is 0 Å². The van der Waals surface area contributed by atoms with Crippen LogP contribution in [0.15, 0.2) is 24.9 Å². The van der Waals surface area contributed by atoms with Crippen molar-refractivity contribution in [1.29, 1.82) is 0 Å². The maximum absolute atomic E-state index is 5.34. The molecule has 1 rings (SSSR count). The standard InChI is InChI=1S/C11H17N3O/c1-3-4-6-15-7-5-12-11-8-10(2)9-13-14-11/h3,8-9H,1,4-7H2,2H3,(H,12,14). The number of nitrogens with one attached hydrogen (secondary N) is 1. The van der Waals surface area contributed by atoms with Crippen molar-refractivity contribution in [3.63, 3.8) is 0 Å². The zero-order valence-corrected chi connectivity index (χ0v) is 9.07. The van der Waals surface area contributed by atoms with E-state index in [4.69, 9.17) is 4.74 Å². The minimum absolute atomic E-state index is 0.670. The second kappa shape index (κ2) is 6.95. The van der Waals surface area contributed by atoms with Gasteiger partial charge in [-0.2, -0.15) is 5.10 Å². The van der Waals surface area contributed by atoms with Crippen molar-refractivity contribution in [2.75, 3.05) is 25.1 Å². The predicted molar refractivity (Wildman–Crippen MR) is 60.9 cm³/mol. The van der Waals surface area contributed by atoms with E-state index in [0.717, 1.165) is 31.0 Å². The second-order valence-corrected chi connectivity index (χ2v) is 3.23. The normalized spacial score (nSPS) is 9.93. The number of anilines is 1. The van der Waals surface area contributed by atoms with Crippen LogP contribution in [0.1, 0.15) is 12.0 Å². The molecular weight excluding hydrogens is 190 g/mol. The Kier molecular flexibility index (Phi) is 5.40. The first-order chi connectivity index (χ1) is 7.33. The topological polar surface area (TPSA) is 47.0 Å². The quantitative estimate of drug-likeness (QED) is 0.547. The number of hydrogen-bond donors (Lipinski definition) is 1. The molecule has 1 N–H and O–H groups in total. The third-order valence-corrected chi connectivity index (χ3v) is 1.81. The van der Waals surface area contributed by atoms with Crippen LogP contribution in [-0.4, -0.2) is 30.0 Å². The minimum Gasteiger partial charge on any atom is -0.379 e. The predicted octanol–water partition coefficient (Wildman–Crippen LogP) is 1.79. The number of aryl methyl sites for hydroxylation is 1. The van der Waals surface area contributed by atoms with Gasteiger partial charge in [0, 0.05) is 6.54 Å². The molecule has 4 nitrogen and oxygen atoms in total. The zero-order valence-electron chi connectivity index (χ0n) is 9.07. The van der Waals surface area contributed by atoms with Gasteiger partial charge >= 0.3 is 0 Å². The maximum atomic E-state index is 5.34. The summed E-state index contributed by atoms with van der Waals surface area (Å²) in [5.74, 6) is 0.794. The fourth-order valence-corrected chi connectivity index (χ4v) is 1.07. The Morgan fingerprint density at radius 3 is 3.13 bits per heavy atom. The minimum atomic E-state index is 0.670. The SMILES string of the molecule is C=CCCOCCNc1cc(C)cnn1. The molecule has 0 saturated carbocycles. The van der Waals surface area contributed by atoms with Crippen LogP contribution in [0.5, 0.6) is 0 Å². The molecule has 0 aliphatic rings. The Morgan fingerprint density at radius 2 is 2.40 bits per heavy atom. The molecule has 0 atom stereocenters. The van der Waals surface area contributed by atoms with Gasteiger partial charge in [-0.25, -0.2) is 0 Å². The van der Waals surface area contributed by atoms with Crippen molar-refractivity contribution in [3.8, 4) is 0 Å². The lowest BCUT2D eigenvalue weighted by atomic mass is 10.3. The van der Waals surface area contributed by atoms with Crippen molar-refractivity contribution in [3.05, 3.63) is 30.5 Å². The molecule has 0 amide bonds. The van der Waals surface area contributed by atoms with E-state index in [9.17, 15) is 0 Å². The van der Waals surface area contributed by atoms with Crippen molar-refractivity contribution in [2.45, 2.75) is 13.3 Å². The second-order valence-electron chi connectivity index (χ2n) is 3.23. The van der Waals surface area contributed by atoms with Gasteiger partial charge in [0.05, 0.1) is 19.4 Å². The summed E-state index contributed by atoms with van der Waals surface area (Å²) in [6.07, 6.45) is 4.47. The first kappa shape index (κ1) is 11.7. The molecule has 0 spiro atoms. The average molecular weight is 207 g/mol. The van der Waals surface area contributed by atoms with E-state index in [-0.39, 0.29) is 0 Å². The van der Waals surface area contributed by atoms with E-state index < -0.39 is 0 Å². The number of aromatic nitrogens is 2. The number of rotatable bonds is 7. The fourth-order valence-electron chi connectivity index (χ4n) is 1.07. The highest BCUT2D eigenvalue weighted by atomic mass is 16.5. The summed E-state index contributed by atoms with van der Waals surface area (Å²) in [6.45, 7) is 7.75. The van der Waals surface area contributed by atoms with Gasteiger partial charge in [0.25, 0.3) is 0 Å². The molecule has 0 fully saturated rings. The highest BCUT2D eigenvalue weighted by molar-refractivity contribution is 5.34. The lowest BCUT2D eigenvalue weighted by Crippen LogP contribution is -2.11. The molecule has 0 bridgehead atoms. The molecule has 0 aliphatic heterocycles. The smallest absolute Gasteiger partial charge is 0.148 e. The van der Waals surface area contributed by atoms with Crippen molar-refractivity contribution in [1.82, 2.24) is 10.2 Å². The van der Waals surface area contributed by atoms with E-state index in [2.05, 4.69) is 22.1 Å². The molecule has 0 saturated heterocycles. The van der Waals surface area contributed by atoms with Gasteiger partial charge < -0.3 is 10.1 Å². The zero-order chi connectivity index (χ0) is 10.9. The molecule has 15 heavy (non-hydrogen) atoms. The van der Waals surface area contributed by atoms with Crippen molar-refractivity contribution >= 4 is 5.82 Å². The largest absolute Gasteiger partial charge is 0.379 e. The van der Waals surface area contributed by atoms with Crippen LogP contribution >= 0.6 is 0 Å². The van der Waals surface area contributed by atoms with Crippen molar-refractivity contribution < 1.29 is 4.74 Å². The summed E-state index contributed by atoms with van der Waals surface area (Å²) in [6, 6.07) is 1.96. The van der Waals surface area contributed by atoms with Crippen molar-refractivity contribution in [2.24, 2.45) is 0 Å². The van der Waals surface area contributed by atoms with E-state index in [1.54, 1.807) is 6.20 Å². The van der Waals surface area contributed by atoms with Crippen LogP contribution < -0.4 is 5.32 Å². The van der Waals surface area contributed by atoms with Gasteiger partial charge in [-0.1, -0.05) is 6.08 Å². The van der Waals surface area contributed by atoms with Gasteiger partial charge in [0.2, 0.25) is 0 Å². The van der Waals surface area contributed by atoms with Crippen LogP contribution in [0.4, 0.5) is 5.82 Å². The van der Waals surface area contributed by atoms with Gasteiger partial charge in [-0.05, 0) is 25.0 Å². The van der Waals surface area contributed by atoms with Gasteiger partial charge in [0.15, 0.2) is 0 Å². The van der Waals surface area contributed by atoms with Gasteiger partial charge in [0.1, 0.15) is 5.82 Å². The molecular formula is C11H17N3O. The Bertz CT molecular complexity index is 302. The monoisotopic (exact) mass is 207 g/mol. The number of nitrogens with zero attached hydrogens (tertiary/aromatic N) is 2. The molecule has 0 aliphatic carbocycles. The summed E-state index contributed by atoms with van der Waals surface area (Å²) in [4.78, 5) is 0. The molecule has 82 valence electrons. The first-order valence-electron chi connectivity index (χ1n) is 5.05.